The molecule has 4 N–H and O–H groups in total. The maximum absolute atomic E-state index is 12.8. The molecule has 0 spiro atoms. The lowest BCUT2D eigenvalue weighted by Gasteiger charge is -2.30. The van der Waals surface area contributed by atoms with Gasteiger partial charge in [-0.05, 0) is 31.4 Å². The summed E-state index contributed by atoms with van der Waals surface area (Å²) in [5.41, 5.74) is 7.15. The summed E-state index contributed by atoms with van der Waals surface area (Å²) < 4.78 is 3.09. The molecule has 2 heterocycles. The zero-order chi connectivity index (χ0) is 21.4. The van der Waals surface area contributed by atoms with Crippen molar-refractivity contribution >= 4 is 17.1 Å². The van der Waals surface area contributed by atoms with Crippen LogP contribution in [0, 0.1) is 11.3 Å². The Kier molecular flexibility index (Phi) is 5.18. The molecule has 0 bridgehead atoms. The van der Waals surface area contributed by atoms with Crippen molar-refractivity contribution in [1.29, 1.82) is 5.26 Å². The number of rotatable bonds is 4. The number of aryl methyl sites for hydroxylation is 1. The standard InChI is InChI=1S/C21H25N7O2/c1-12(14-8-4-3-7-13(14)11-22)28-17-18(27(2)21(30)26-19(17)29)25-20(28)24-16-10-6-5-9-15(16)23/h3-4,7-8,12,15-16H,5-6,9-10,23H2,1-2H3,(H,24,25)(H,26,29,30)/t12?,15-,16-/m0/s1. The highest BCUT2D eigenvalue weighted by Crippen LogP contribution is 2.30. The number of imidazole rings is 1. The predicted molar refractivity (Wildman–Crippen MR) is 114 cm³/mol. The van der Waals surface area contributed by atoms with Gasteiger partial charge in [0, 0.05) is 19.1 Å². The Balaban J connectivity index is 1.94. The summed E-state index contributed by atoms with van der Waals surface area (Å²) in [6.45, 7) is 1.91. The van der Waals surface area contributed by atoms with Gasteiger partial charge in [-0.3, -0.25) is 18.9 Å². The molecule has 0 aliphatic heterocycles. The number of nitrogens with one attached hydrogen (secondary N) is 2. The Morgan fingerprint density at radius 2 is 2.03 bits per heavy atom. The highest BCUT2D eigenvalue weighted by atomic mass is 16.2. The molecule has 1 fully saturated rings. The lowest BCUT2D eigenvalue weighted by molar-refractivity contribution is 0.401. The molecule has 0 radical (unpaired) electrons. The van der Waals surface area contributed by atoms with Gasteiger partial charge in [-0.25, -0.2) is 4.79 Å². The molecule has 3 aromatic rings. The van der Waals surface area contributed by atoms with E-state index in [0.29, 0.717) is 11.5 Å². The van der Waals surface area contributed by atoms with Crippen LogP contribution in [-0.2, 0) is 7.05 Å². The highest BCUT2D eigenvalue weighted by molar-refractivity contribution is 5.75. The summed E-state index contributed by atoms with van der Waals surface area (Å²) in [6.07, 6.45) is 3.99. The monoisotopic (exact) mass is 407 g/mol. The molecular formula is C21H25N7O2. The first-order chi connectivity index (χ1) is 14.4. The number of fused-ring (bicyclic) bond motifs is 1. The van der Waals surface area contributed by atoms with Crippen molar-refractivity contribution in [2.45, 2.75) is 50.7 Å². The number of nitriles is 1. The third-order valence-electron chi connectivity index (χ3n) is 6.00. The second kappa shape index (κ2) is 7.80. The molecule has 1 unspecified atom stereocenters. The number of H-pyrrole nitrogens is 1. The molecule has 9 nitrogen and oxygen atoms in total. The lowest BCUT2D eigenvalue weighted by Crippen LogP contribution is -2.43. The third-order valence-corrected chi connectivity index (χ3v) is 6.00. The molecule has 2 aromatic heterocycles. The molecule has 1 aliphatic rings. The van der Waals surface area contributed by atoms with Crippen molar-refractivity contribution in [3.05, 3.63) is 56.2 Å². The fourth-order valence-corrected chi connectivity index (χ4v) is 4.29. The average Bonchev–Trinajstić information content (AvgIpc) is 3.13. The number of aromatic amines is 1. The number of hydrogen-bond acceptors (Lipinski definition) is 6. The Labute approximate surface area is 173 Å². The van der Waals surface area contributed by atoms with Gasteiger partial charge < -0.3 is 11.1 Å². The van der Waals surface area contributed by atoms with Gasteiger partial charge in [0.25, 0.3) is 5.56 Å². The summed E-state index contributed by atoms with van der Waals surface area (Å²) in [7, 11) is 1.57. The molecule has 1 aromatic carbocycles. The Hall–Kier alpha value is -3.38. The van der Waals surface area contributed by atoms with Crippen LogP contribution in [0.4, 0.5) is 5.95 Å². The zero-order valence-corrected chi connectivity index (χ0v) is 17.1. The van der Waals surface area contributed by atoms with Crippen LogP contribution < -0.4 is 22.3 Å². The molecular weight excluding hydrogens is 382 g/mol. The van der Waals surface area contributed by atoms with Crippen molar-refractivity contribution < 1.29 is 0 Å². The average molecular weight is 407 g/mol. The molecule has 1 aliphatic carbocycles. The van der Waals surface area contributed by atoms with Crippen LogP contribution in [0.25, 0.3) is 11.2 Å². The fraction of sp³-hybridized carbons (Fsp3) is 0.429. The topological polar surface area (TPSA) is 135 Å². The smallest absolute Gasteiger partial charge is 0.329 e. The maximum Gasteiger partial charge on any atom is 0.329 e. The van der Waals surface area contributed by atoms with E-state index in [-0.39, 0.29) is 29.3 Å². The predicted octanol–water partition coefficient (Wildman–Crippen LogP) is 1.59. The molecule has 0 saturated heterocycles. The van der Waals surface area contributed by atoms with Crippen molar-refractivity contribution in [2.24, 2.45) is 12.8 Å². The summed E-state index contributed by atoms with van der Waals surface area (Å²) in [5.74, 6) is 0.472. The van der Waals surface area contributed by atoms with Crippen LogP contribution in [0.15, 0.2) is 33.9 Å². The minimum absolute atomic E-state index is 0.0174. The normalized spacial score (nSPS) is 20.1. The van der Waals surface area contributed by atoms with E-state index in [0.717, 1.165) is 31.2 Å². The van der Waals surface area contributed by atoms with Gasteiger partial charge in [0.1, 0.15) is 0 Å². The zero-order valence-electron chi connectivity index (χ0n) is 17.1. The summed E-state index contributed by atoms with van der Waals surface area (Å²) in [4.78, 5) is 31.9. The second-order valence-electron chi connectivity index (χ2n) is 7.87. The SMILES string of the molecule is CC(c1ccccc1C#N)n1c(N[C@H]2CCCC[C@@H]2N)nc2c1c(=O)[nH]c(=O)n2C. The largest absolute Gasteiger partial charge is 0.351 e. The van der Waals surface area contributed by atoms with Crippen molar-refractivity contribution in [3.8, 4) is 6.07 Å². The number of hydrogen-bond donors (Lipinski definition) is 3. The summed E-state index contributed by atoms with van der Waals surface area (Å²) in [6, 6.07) is 9.11. The first-order valence-electron chi connectivity index (χ1n) is 10.1. The van der Waals surface area contributed by atoms with Crippen LogP contribution in [0.2, 0.25) is 0 Å². The molecule has 4 rings (SSSR count). The Bertz CT molecular complexity index is 1250. The second-order valence-corrected chi connectivity index (χ2v) is 7.87. The van der Waals surface area contributed by atoms with Gasteiger partial charge in [0.05, 0.1) is 17.7 Å². The number of anilines is 1. The van der Waals surface area contributed by atoms with Crippen LogP contribution in [-0.4, -0.2) is 31.2 Å². The number of nitrogens with zero attached hydrogens (tertiary/aromatic N) is 4. The third kappa shape index (κ3) is 3.29. The Morgan fingerprint density at radius 3 is 2.77 bits per heavy atom. The molecule has 156 valence electrons. The molecule has 0 amide bonds. The van der Waals surface area contributed by atoms with Gasteiger partial charge in [-0.1, -0.05) is 31.0 Å². The van der Waals surface area contributed by atoms with Gasteiger partial charge in [-0.15, -0.1) is 0 Å². The van der Waals surface area contributed by atoms with Gasteiger partial charge in [0.2, 0.25) is 5.95 Å². The van der Waals surface area contributed by atoms with E-state index in [2.05, 4.69) is 21.4 Å². The van der Waals surface area contributed by atoms with Gasteiger partial charge in [-0.2, -0.15) is 10.2 Å². The van der Waals surface area contributed by atoms with E-state index in [1.165, 1.54) is 4.57 Å². The van der Waals surface area contributed by atoms with Crippen LogP contribution in [0.3, 0.4) is 0 Å². The van der Waals surface area contributed by atoms with Gasteiger partial charge >= 0.3 is 5.69 Å². The van der Waals surface area contributed by atoms with Crippen LogP contribution in [0.5, 0.6) is 0 Å². The van der Waals surface area contributed by atoms with Crippen molar-refractivity contribution in [1.82, 2.24) is 19.1 Å². The Morgan fingerprint density at radius 1 is 1.30 bits per heavy atom. The highest BCUT2D eigenvalue weighted by Gasteiger charge is 2.27. The van der Waals surface area contributed by atoms with E-state index in [1.54, 1.807) is 23.7 Å². The van der Waals surface area contributed by atoms with E-state index in [1.807, 2.05) is 19.1 Å². The number of nitrogens with two attached hydrogens (primary N) is 1. The lowest BCUT2D eigenvalue weighted by atomic mass is 9.91. The van der Waals surface area contributed by atoms with Gasteiger partial charge in [0.15, 0.2) is 11.2 Å². The summed E-state index contributed by atoms with van der Waals surface area (Å²) in [5, 5.41) is 13.0. The molecule has 9 heteroatoms. The molecule has 30 heavy (non-hydrogen) atoms. The minimum atomic E-state index is -0.525. The molecule has 1 saturated carbocycles. The van der Waals surface area contributed by atoms with E-state index in [4.69, 9.17) is 5.73 Å². The summed E-state index contributed by atoms with van der Waals surface area (Å²) >= 11 is 0. The maximum atomic E-state index is 12.8. The first-order valence-corrected chi connectivity index (χ1v) is 10.1. The van der Waals surface area contributed by atoms with Crippen LogP contribution >= 0.6 is 0 Å². The van der Waals surface area contributed by atoms with E-state index in [9.17, 15) is 14.9 Å². The number of aromatic nitrogens is 4. The van der Waals surface area contributed by atoms with E-state index < -0.39 is 11.2 Å². The fourth-order valence-electron chi connectivity index (χ4n) is 4.29. The van der Waals surface area contributed by atoms with E-state index >= 15 is 0 Å². The van der Waals surface area contributed by atoms with Crippen LogP contribution in [0.1, 0.15) is 49.8 Å². The first kappa shape index (κ1) is 19.9. The minimum Gasteiger partial charge on any atom is -0.351 e. The molecule has 3 atom stereocenters. The van der Waals surface area contributed by atoms with Crippen molar-refractivity contribution in [3.63, 3.8) is 0 Å². The quantitative estimate of drug-likeness (QED) is 0.601. The van der Waals surface area contributed by atoms with Crippen molar-refractivity contribution in [2.75, 3.05) is 5.32 Å². The number of benzene rings is 1.